The summed E-state index contributed by atoms with van der Waals surface area (Å²) in [5.41, 5.74) is 8.09. The molecule has 2 aliphatic heterocycles. The largest absolute Gasteiger partial charge is 0.496 e. The maximum atomic E-state index is 11.5. The molecule has 4 aromatic rings. The Morgan fingerprint density at radius 3 is 2.15 bits per heavy atom. The molecule has 2 amide bonds. The quantitative estimate of drug-likeness (QED) is 0.153. The van der Waals surface area contributed by atoms with E-state index in [2.05, 4.69) is 40.3 Å². The lowest BCUT2D eigenvalue weighted by atomic mass is 9.94. The third-order valence-corrected chi connectivity index (χ3v) is 9.45. The molecule has 11 heteroatoms. The number of nitrogens with one attached hydrogen (secondary N) is 4. The predicted octanol–water partition coefficient (Wildman–Crippen LogP) is 5.19. The molecule has 2 aromatic heterocycles. The van der Waals surface area contributed by atoms with Gasteiger partial charge in [0, 0.05) is 85.1 Å². The monoisotopic (exact) mass is 668 g/mol. The first-order chi connectivity index (χ1) is 23.3. The minimum atomic E-state index is 0.106. The highest BCUT2D eigenvalue weighted by Crippen LogP contribution is 2.40. The molecule has 2 aromatic carbocycles. The van der Waals surface area contributed by atoms with Crippen molar-refractivity contribution in [1.29, 1.82) is 0 Å². The summed E-state index contributed by atoms with van der Waals surface area (Å²) in [4.78, 5) is 32.6. The molecule has 10 nitrogen and oxygen atoms in total. The Morgan fingerprint density at radius 1 is 0.833 bits per heavy atom. The summed E-state index contributed by atoms with van der Waals surface area (Å²) in [6.07, 6.45) is 4.67. The van der Waals surface area contributed by atoms with Gasteiger partial charge in [-0.1, -0.05) is 48.0 Å². The van der Waals surface area contributed by atoms with Gasteiger partial charge in [-0.3, -0.25) is 14.6 Å². The van der Waals surface area contributed by atoms with Crippen LogP contribution in [0.3, 0.4) is 0 Å². The fourth-order valence-corrected chi connectivity index (χ4v) is 6.77. The Hall–Kier alpha value is -4.51. The number of ether oxygens (including phenoxy) is 2. The SMILES string of the molecule is COc1cc(-c2nccc(-c3cccc(-c4ccc(CNC[C@@H]5CCC(=O)N5)c(OC)n4)c3Cl)c2C)ccc1CNC[C@@H]1CCC(=O)N1. The highest BCUT2D eigenvalue weighted by Gasteiger charge is 2.22. The van der Waals surface area contributed by atoms with E-state index in [1.165, 1.54) is 0 Å². The number of rotatable bonds is 13. The van der Waals surface area contributed by atoms with E-state index in [0.29, 0.717) is 55.6 Å². The average molecular weight is 669 g/mol. The molecular weight excluding hydrogens is 628 g/mol. The molecule has 2 aliphatic rings. The highest BCUT2D eigenvalue weighted by molar-refractivity contribution is 6.36. The van der Waals surface area contributed by atoms with Gasteiger partial charge in [0.25, 0.3) is 0 Å². The van der Waals surface area contributed by atoms with Gasteiger partial charge >= 0.3 is 0 Å². The van der Waals surface area contributed by atoms with Gasteiger partial charge in [0.1, 0.15) is 5.75 Å². The van der Waals surface area contributed by atoms with Crippen molar-refractivity contribution in [3.63, 3.8) is 0 Å². The van der Waals surface area contributed by atoms with Gasteiger partial charge in [-0.15, -0.1) is 0 Å². The van der Waals surface area contributed by atoms with Crippen molar-refractivity contribution in [3.05, 3.63) is 82.5 Å². The van der Waals surface area contributed by atoms with Crippen LogP contribution in [0.2, 0.25) is 5.02 Å². The van der Waals surface area contributed by atoms with Gasteiger partial charge < -0.3 is 30.7 Å². The fraction of sp³-hybridized carbons (Fsp3) is 0.351. The lowest BCUT2D eigenvalue weighted by Gasteiger charge is -2.17. The zero-order chi connectivity index (χ0) is 33.6. The maximum Gasteiger partial charge on any atom is 0.220 e. The Bertz CT molecular complexity index is 1680. The third kappa shape index (κ3) is 7.46. The first-order valence-corrected chi connectivity index (χ1v) is 16.7. The van der Waals surface area contributed by atoms with Crippen LogP contribution >= 0.6 is 11.6 Å². The second kappa shape index (κ2) is 15.1. The van der Waals surface area contributed by atoms with Crippen LogP contribution < -0.4 is 30.7 Å². The molecule has 2 saturated heterocycles. The molecule has 0 bridgehead atoms. The van der Waals surface area contributed by atoms with E-state index in [0.717, 1.165) is 63.2 Å². The van der Waals surface area contributed by atoms with Crippen LogP contribution in [0.5, 0.6) is 11.6 Å². The second-order valence-electron chi connectivity index (χ2n) is 12.3. The molecular formula is C37H41ClN6O4. The Kier molecular flexibility index (Phi) is 10.5. The minimum absolute atomic E-state index is 0.106. The van der Waals surface area contributed by atoms with Gasteiger partial charge in [0.2, 0.25) is 17.7 Å². The maximum absolute atomic E-state index is 11.5. The van der Waals surface area contributed by atoms with Crippen LogP contribution in [0, 0.1) is 6.92 Å². The molecule has 250 valence electrons. The topological polar surface area (TPSA) is 126 Å². The number of carbonyl (C=O) groups is 2. The van der Waals surface area contributed by atoms with E-state index in [9.17, 15) is 9.59 Å². The number of aromatic nitrogens is 2. The van der Waals surface area contributed by atoms with Gasteiger partial charge in [-0.05, 0) is 49.1 Å². The molecule has 0 unspecified atom stereocenters. The minimum Gasteiger partial charge on any atom is -0.496 e. The molecule has 4 heterocycles. The Balaban J connectivity index is 1.20. The van der Waals surface area contributed by atoms with Crippen LogP contribution in [0.4, 0.5) is 0 Å². The lowest BCUT2D eigenvalue weighted by Crippen LogP contribution is -2.35. The number of carbonyl (C=O) groups excluding carboxylic acids is 2. The number of amides is 2. The summed E-state index contributed by atoms with van der Waals surface area (Å²) >= 11 is 7.13. The zero-order valence-electron chi connectivity index (χ0n) is 27.5. The van der Waals surface area contributed by atoms with E-state index in [1.807, 2.05) is 42.5 Å². The van der Waals surface area contributed by atoms with Crippen molar-refractivity contribution in [2.24, 2.45) is 0 Å². The van der Waals surface area contributed by atoms with Gasteiger partial charge in [0.05, 0.1) is 30.6 Å². The summed E-state index contributed by atoms with van der Waals surface area (Å²) in [6, 6.07) is 18.3. The lowest BCUT2D eigenvalue weighted by molar-refractivity contribution is -0.120. The third-order valence-electron chi connectivity index (χ3n) is 9.04. The molecule has 4 N–H and O–H groups in total. The van der Waals surface area contributed by atoms with E-state index in [1.54, 1.807) is 20.4 Å². The predicted molar refractivity (Wildman–Crippen MR) is 187 cm³/mol. The summed E-state index contributed by atoms with van der Waals surface area (Å²) in [5, 5.41) is 13.4. The summed E-state index contributed by atoms with van der Waals surface area (Å²) in [7, 11) is 3.28. The number of hydrogen-bond donors (Lipinski definition) is 4. The molecule has 2 fully saturated rings. The fourth-order valence-electron chi connectivity index (χ4n) is 6.45. The summed E-state index contributed by atoms with van der Waals surface area (Å²) in [5.74, 6) is 1.52. The molecule has 0 spiro atoms. The Labute approximate surface area is 286 Å². The summed E-state index contributed by atoms with van der Waals surface area (Å²) < 4.78 is 11.4. The van der Waals surface area contributed by atoms with Crippen LogP contribution in [-0.4, -0.2) is 61.2 Å². The van der Waals surface area contributed by atoms with Crippen LogP contribution in [0.1, 0.15) is 42.4 Å². The highest BCUT2D eigenvalue weighted by atomic mass is 35.5. The number of nitrogens with zero attached hydrogens (tertiary/aromatic N) is 2. The smallest absolute Gasteiger partial charge is 0.220 e. The first-order valence-electron chi connectivity index (χ1n) is 16.3. The molecule has 0 aliphatic carbocycles. The second-order valence-corrected chi connectivity index (χ2v) is 12.6. The summed E-state index contributed by atoms with van der Waals surface area (Å²) in [6.45, 7) is 4.65. The number of benzene rings is 2. The van der Waals surface area contributed by atoms with Gasteiger partial charge in [-0.2, -0.15) is 0 Å². The van der Waals surface area contributed by atoms with E-state index in [4.69, 9.17) is 31.0 Å². The standard InChI is InChI=1S/C37H41ClN6O4/c1-22-28(15-16-41-36(22)23-7-8-24(32(17-23)47-2)18-39-20-26-10-13-33(45)42-26)29-5-4-6-30(35(29)38)31-12-9-25(37(44-31)48-3)19-40-21-27-11-14-34(46)43-27/h4-9,12,15-17,26-27,39-40H,10-11,13-14,18-21H2,1-3H3,(H,42,45)(H,43,46)/t26-,27-/m0/s1. The number of pyridine rings is 2. The number of hydrogen-bond acceptors (Lipinski definition) is 8. The van der Waals surface area contributed by atoms with E-state index in [-0.39, 0.29) is 23.9 Å². The van der Waals surface area contributed by atoms with Crippen molar-refractivity contribution >= 4 is 23.4 Å². The molecule has 0 radical (unpaired) electrons. The zero-order valence-corrected chi connectivity index (χ0v) is 28.2. The van der Waals surface area contributed by atoms with Gasteiger partial charge in [-0.25, -0.2) is 4.98 Å². The normalized spacial score (nSPS) is 17.3. The number of methoxy groups -OCH3 is 2. The average Bonchev–Trinajstić information content (AvgIpc) is 3.72. The van der Waals surface area contributed by atoms with Crippen molar-refractivity contribution in [2.75, 3.05) is 27.3 Å². The van der Waals surface area contributed by atoms with E-state index < -0.39 is 0 Å². The van der Waals surface area contributed by atoms with Crippen molar-refractivity contribution in [3.8, 4) is 45.3 Å². The van der Waals surface area contributed by atoms with Crippen LogP contribution in [-0.2, 0) is 22.7 Å². The van der Waals surface area contributed by atoms with Crippen molar-refractivity contribution in [1.82, 2.24) is 31.2 Å². The molecule has 2 atom stereocenters. The number of halogens is 1. The van der Waals surface area contributed by atoms with Crippen molar-refractivity contribution < 1.29 is 19.1 Å². The van der Waals surface area contributed by atoms with Crippen LogP contribution in [0.25, 0.3) is 33.6 Å². The molecule has 48 heavy (non-hydrogen) atoms. The van der Waals surface area contributed by atoms with Crippen molar-refractivity contribution in [2.45, 2.75) is 57.8 Å². The first kappa shape index (κ1) is 33.4. The Morgan fingerprint density at radius 2 is 1.50 bits per heavy atom. The molecule has 6 rings (SSSR count). The van der Waals surface area contributed by atoms with Gasteiger partial charge in [0.15, 0.2) is 0 Å². The molecule has 0 saturated carbocycles. The van der Waals surface area contributed by atoms with Crippen LogP contribution in [0.15, 0.2) is 60.8 Å². The van der Waals surface area contributed by atoms with E-state index >= 15 is 0 Å².